The summed E-state index contributed by atoms with van der Waals surface area (Å²) >= 11 is 6.83. The highest BCUT2D eigenvalue weighted by Crippen LogP contribution is 2.23. The fraction of sp³-hybridized carbons (Fsp3) is 0.133. The van der Waals surface area contributed by atoms with Gasteiger partial charge < -0.3 is 5.32 Å². The van der Waals surface area contributed by atoms with Crippen molar-refractivity contribution in [3.8, 4) is 0 Å². The lowest BCUT2D eigenvalue weighted by molar-refractivity contribution is 0.102. The zero-order valence-electron chi connectivity index (χ0n) is 10.4. The van der Waals surface area contributed by atoms with Crippen molar-refractivity contribution >= 4 is 43.5 Å². The lowest BCUT2D eigenvalue weighted by atomic mass is 10.1. The van der Waals surface area contributed by atoms with Crippen LogP contribution in [0.4, 0.5) is 5.69 Å². The Kier molecular flexibility index (Phi) is 4.77. The standard InChI is InChI=1S/C15H13Br2NO/c1-2-10-9-11(16)7-8-14(10)18-15(19)12-5-3-4-6-13(12)17/h3-9H,2H2,1H3,(H,18,19). The third-order valence-corrected chi connectivity index (χ3v) is 4.00. The van der Waals surface area contributed by atoms with E-state index in [1.54, 1.807) is 6.07 Å². The van der Waals surface area contributed by atoms with Gasteiger partial charge in [0, 0.05) is 14.6 Å². The molecule has 0 saturated carbocycles. The minimum Gasteiger partial charge on any atom is -0.322 e. The van der Waals surface area contributed by atoms with Crippen LogP contribution in [0, 0.1) is 0 Å². The van der Waals surface area contributed by atoms with Gasteiger partial charge in [0.2, 0.25) is 0 Å². The van der Waals surface area contributed by atoms with Crippen molar-refractivity contribution in [1.82, 2.24) is 0 Å². The first-order chi connectivity index (χ1) is 9.11. The number of hydrogen-bond donors (Lipinski definition) is 1. The average molecular weight is 383 g/mol. The van der Waals surface area contributed by atoms with Gasteiger partial charge in [-0.1, -0.05) is 35.0 Å². The Balaban J connectivity index is 2.27. The van der Waals surface area contributed by atoms with Crippen LogP contribution in [0.1, 0.15) is 22.8 Å². The molecule has 0 fully saturated rings. The molecule has 0 radical (unpaired) electrons. The third kappa shape index (κ3) is 3.45. The van der Waals surface area contributed by atoms with Crippen LogP contribution >= 0.6 is 31.9 Å². The number of hydrogen-bond acceptors (Lipinski definition) is 1. The highest BCUT2D eigenvalue weighted by Gasteiger charge is 2.11. The van der Waals surface area contributed by atoms with E-state index >= 15 is 0 Å². The van der Waals surface area contributed by atoms with Crippen LogP contribution in [-0.2, 0) is 6.42 Å². The predicted octanol–water partition coefficient (Wildman–Crippen LogP) is 5.03. The van der Waals surface area contributed by atoms with E-state index in [2.05, 4.69) is 44.1 Å². The molecule has 1 N–H and O–H groups in total. The molecular weight excluding hydrogens is 370 g/mol. The summed E-state index contributed by atoms with van der Waals surface area (Å²) in [5, 5.41) is 2.96. The Morgan fingerprint density at radius 3 is 2.58 bits per heavy atom. The smallest absolute Gasteiger partial charge is 0.256 e. The number of anilines is 1. The number of carbonyl (C=O) groups excluding carboxylic acids is 1. The second-order valence-electron chi connectivity index (χ2n) is 4.09. The Morgan fingerprint density at radius 1 is 1.16 bits per heavy atom. The number of carbonyl (C=O) groups is 1. The monoisotopic (exact) mass is 381 g/mol. The molecule has 1 amide bonds. The van der Waals surface area contributed by atoms with Gasteiger partial charge in [0.1, 0.15) is 0 Å². The quantitative estimate of drug-likeness (QED) is 0.792. The van der Waals surface area contributed by atoms with E-state index in [1.165, 1.54) is 0 Å². The SMILES string of the molecule is CCc1cc(Br)ccc1NC(=O)c1ccccc1Br. The molecule has 0 saturated heterocycles. The number of amides is 1. The van der Waals surface area contributed by atoms with Crippen molar-refractivity contribution in [2.75, 3.05) is 5.32 Å². The largest absolute Gasteiger partial charge is 0.322 e. The molecule has 0 aliphatic rings. The first-order valence-corrected chi connectivity index (χ1v) is 7.54. The predicted molar refractivity (Wildman–Crippen MR) is 85.6 cm³/mol. The summed E-state index contributed by atoms with van der Waals surface area (Å²) in [6.45, 7) is 2.07. The zero-order chi connectivity index (χ0) is 13.8. The van der Waals surface area contributed by atoms with E-state index in [-0.39, 0.29) is 5.91 Å². The van der Waals surface area contributed by atoms with Crippen molar-refractivity contribution in [3.05, 3.63) is 62.5 Å². The van der Waals surface area contributed by atoms with Crippen molar-refractivity contribution in [3.63, 3.8) is 0 Å². The second-order valence-corrected chi connectivity index (χ2v) is 5.86. The molecule has 2 aromatic rings. The molecule has 0 spiro atoms. The summed E-state index contributed by atoms with van der Waals surface area (Å²) in [5.74, 6) is -0.107. The average Bonchev–Trinajstić information content (AvgIpc) is 2.41. The molecule has 0 heterocycles. The molecule has 0 aliphatic heterocycles. The Morgan fingerprint density at radius 2 is 1.89 bits per heavy atom. The van der Waals surface area contributed by atoms with Gasteiger partial charge in [-0.25, -0.2) is 0 Å². The topological polar surface area (TPSA) is 29.1 Å². The van der Waals surface area contributed by atoms with Crippen molar-refractivity contribution < 1.29 is 4.79 Å². The molecule has 0 bridgehead atoms. The van der Waals surface area contributed by atoms with Gasteiger partial charge in [-0.2, -0.15) is 0 Å². The molecule has 2 aromatic carbocycles. The van der Waals surface area contributed by atoms with Crippen molar-refractivity contribution in [2.45, 2.75) is 13.3 Å². The van der Waals surface area contributed by atoms with E-state index in [4.69, 9.17) is 0 Å². The lowest BCUT2D eigenvalue weighted by Crippen LogP contribution is -2.13. The Bertz CT molecular complexity index is 611. The van der Waals surface area contributed by atoms with Gasteiger partial charge in [0.25, 0.3) is 5.91 Å². The molecule has 0 aliphatic carbocycles. The minimum atomic E-state index is -0.107. The van der Waals surface area contributed by atoms with Gasteiger partial charge >= 0.3 is 0 Å². The van der Waals surface area contributed by atoms with Crippen LogP contribution in [-0.4, -0.2) is 5.91 Å². The van der Waals surface area contributed by atoms with Crippen LogP contribution in [0.3, 0.4) is 0 Å². The van der Waals surface area contributed by atoms with Crippen LogP contribution < -0.4 is 5.32 Å². The summed E-state index contributed by atoms with van der Waals surface area (Å²) in [4.78, 5) is 12.2. The Labute approximate surface area is 129 Å². The van der Waals surface area contributed by atoms with Crippen molar-refractivity contribution in [2.24, 2.45) is 0 Å². The van der Waals surface area contributed by atoms with Crippen molar-refractivity contribution in [1.29, 1.82) is 0 Å². The highest BCUT2D eigenvalue weighted by molar-refractivity contribution is 9.10. The molecule has 19 heavy (non-hydrogen) atoms. The molecular formula is C15H13Br2NO. The fourth-order valence-corrected chi connectivity index (χ4v) is 2.69. The van der Waals surface area contributed by atoms with E-state index < -0.39 is 0 Å². The molecule has 2 nitrogen and oxygen atoms in total. The number of rotatable bonds is 3. The summed E-state index contributed by atoms with van der Waals surface area (Å²) < 4.78 is 1.81. The summed E-state index contributed by atoms with van der Waals surface area (Å²) in [6.07, 6.45) is 0.866. The van der Waals surface area contributed by atoms with E-state index in [0.717, 1.165) is 26.6 Å². The highest BCUT2D eigenvalue weighted by atomic mass is 79.9. The number of benzene rings is 2. The van der Waals surface area contributed by atoms with Gasteiger partial charge in [0.05, 0.1) is 5.56 Å². The molecule has 4 heteroatoms. The zero-order valence-corrected chi connectivity index (χ0v) is 13.6. The Hall–Kier alpha value is -1.13. The van der Waals surface area contributed by atoms with E-state index in [1.807, 2.05) is 36.4 Å². The normalized spacial score (nSPS) is 10.3. The molecule has 0 aromatic heterocycles. The summed E-state index contributed by atoms with van der Waals surface area (Å²) in [7, 11) is 0. The lowest BCUT2D eigenvalue weighted by Gasteiger charge is -2.11. The minimum absolute atomic E-state index is 0.107. The van der Waals surface area contributed by atoms with Crippen LogP contribution in [0.15, 0.2) is 51.4 Å². The second kappa shape index (κ2) is 6.35. The van der Waals surface area contributed by atoms with E-state index in [9.17, 15) is 4.79 Å². The van der Waals surface area contributed by atoms with Gasteiger partial charge in [-0.3, -0.25) is 4.79 Å². The summed E-state index contributed by atoms with van der Waals surface area (Å²) in [6, 6.07) is 13.3. The van der Waals surface area contributed by atoms with Crippen LogP contribution in [0.25, 0.3) is 0 Å². The molecule has 98 valence electrons. The maximum absolute atomic E-state index is 12.2. The molecule has 0 atom stereocenters. The van der Waals surface area contributed by atoms with Crippen LogP contribution in [0.2, 0.25) is 0 Å². The fourth-order valence-electron chi connectivity index (χ4n) is 1.81. The first kappa shape index (κ1) is 14.3. The van der Waals surface area contributed by atoms with Gasteiger partial charge in [-0.15, -0.1) is 0 Å². The number of nitrogens with one attached hydrogen (secondary N) is 1. The van der Waals surface area contributed by atoms with Gasteiger partial charge in [0.15, 0.2) is 0 Å². The third-order valence-electron chi connectivity index (χ3n) is 2.81. The first-order valence-electron chi connectivity index (χ1n) is 5.96. The summed E-state index contributed by atoms with van der Waals surface area (Å²) in [5.41, 5.74) is 2.59. The maximum atomic E-state index is 12.2. The molecule has 0 unspecified atom stereocenters. The number of halogens is 2. The maximum Gasteiger partial charge on any atom is 0.256 e. The number of aryl methyl sites for hydroxylation is 1. The van der Waals surface area contributed by atoms with Crippen LogP contribution in [0.5, 0.6) is 0 Å². The van der Waals surface area contributed by atoms with Gasteiger partial charge in [-0.05, 0) is 58.2 Å². The molecule has 2 rings (SSSR count). The van der Waals surface area contributed by atoms with E-state index in [0.29, 0.717) is 5.56 Å².